The Morgan fingerprint density at radius 2 is 1.59 bits per heavy atom. The molecule has 34 heavy (non-hydrogen) atoms. The average Bonchev–Trinajstić information content (AvgIpc) is 3.10. The second-order valence-electron chi connectivity index (χ2n) is 9.53. The number of rotatable bonds is 10. The molecule has 0 aromatic heterocycles. The highest BCUT2D eigenvalue weighted by molar-refractivity contribution is 5.91. The number of hydrogen-bond donors (Lipinski definition) is 3. The molecule has 0 radical (unpaired) electrons. The van der Waals surface area contributed by atoms with Crippen LogP contribution in [-0.4, -0.2) is 41.3 Å². The highest BCUT2D eigenvalue weighted by Gasteiger charge is 2.37. The van der Waals surface area contributed by atoms with Crippen molar-refractivity contribution >= 4 is 18.0 Å². The highest BCUT2D eigenvalue weighted by Crippen LogP contribution is 2.44. The number of carbonyl (C=O) groups is 3. The topological polar surface area (TPSA) is 105 Å². The van der Waals surface area contributed by atoms with Crippen molar-refractivity contribution in [2.45, 2.75) is 64.5 Å². The zero-order valence-corrected chi connectivity index (χ0v) is 20.3. The van der Waals surface area contributed by atoms with Gasteiger partial charge >= 0.3 is 12.1 Å². The average molecular weight is 467 g/mol. The Morgan fingerprint density at radius 3 is 2.09 bits per heavy atom. The van der Waals surface area contributed by atoms with Gasteiger partial charge in [0.1, 0.15) is 18.2 Å². The first-order valence-electron chi connectivity index (χ1n) is 11.8. The van der Waals surface area contributed by atoms with Crippen molar-refractivity contribution in [1.29, 1.82) is 0 Å². The van der Waals surface area contributed by atoms with Gasteiger partial charge in [-0.2, -0.15) is 0 Å². The molecule has 3 rings (SSSR count). The molecule has 1 unspecified atom stereocenters. The number of carboxylic acids is 1. The maximum atomic E-state index is 13.0. The van der Waals surface area contributed by atoms with Gasteiger partial charge in [-0.25, -0.2) is 9.59 Å². The lowest BCUT2D eigenvalue weighted by atomic mass is 9.94. The van der Waals surface area contributed by atoms with Gasteiger partial charge in [-0.1, -0.05) is 75.7 Å². The van der Waals surface area contributed by atoms with E-state index >= 15 is 0 Å². The van der Waals surface area contributed by atoms with Crippen LogP contribution in [0.5, 0.6) is 0 Å². The van der Waals surface area contributed by atoms with Gasteiger partial charge in [0.25, 0.3) is 0 Å². The van der Waals surface area contributed by atoms with Crippen molar-refractivity contribution in [3.8, 4) is 11.1 Å². The van der Waals surface area contributed by atoms with Crippen molar-refractivity contribution in [3.05, 3.63) is 59.7 Å². The van der Waals surface area contributed by atoms with Gasteiger partial charge in [0.05, 0.1) is 0 Å². The van der Waals surface area contributed by atoms with E-state index in [0.29, 0.717) is 12.8 Å². The predicted octanol–water partition coefficient (Wildman–Crippen LogP) is 4.70. The van der Waals surface area contributed by atoms with Crippen LogP contribution in [0, 0.1) is 5.92 Å². The summed E-state index contributed by atoms with van der Waals surface area (Å²) >= 11 is 0. The van der Waals surface area contributed by atoms with Crippen molar-refractivity contribution in [2.24, 2.45) is 5.92 Å². The summed E-state index contributed by atoms with van der Waals surface area (Å²) in [6.07, 6.45) is 0.540. The molecular weight excluding hydrogens is 432 g/mol. The van der Waals surface area contributed by atoms with Gasteiger partial charge in [0.15, 0.2) is 0 Å². The molecule has 2 aromatic rings. The molecule has 0 aliphatic heterocycles. The molecule has 7 heteroatoms. The van der Waals surface area contributed by atoms with Crippen LogP contribution in [0.4, 0.5) is 4.79 Å². The summed E-state index contributed by atoms with van der Waals surface area (Å²) in [7, 11) is 0. The number of fused-ring (bicyclic) bond motifs is 3. The molecule has 0 bridgehead atoms. The van der Waals surface area contributed by atoms with E-state index in [0.717, 1.165) is 22.3 Å². The maximum absolute atomic E-state index is 13.0. The summed E-state index contributed by atoms with van der Waals surface area (Å²) in [4.78, 5) is 37.4. The lowest BCUT2D eigenvalue weighted by Crippen LogP contribution is -2.58. The number of aliphatic carboxylic acids is 1. The Kier molecular flexibility index (Phi) is 7.97. The first-order chi connectivity index (χ1) is 16.2. The fraction of sp³-hybridized carbons (Fsp3) is 0.444. The molecule has 2 atom stereocenters. The minimum absolute atomic E-state index is 0.0876. The molecule has 2 aromatic carbocycles. The highest BCUT2D eigenvalue weighted by atomic mass is 16.5. The molecule has 3 N–H and O–H groups in total. The van der Waals surface area contributed by atoms with Gasteiger partial charge in [-0.05, 0) is 47.9 Å². The molecule has 1 aliphatic carbocycles. The number of ether oxygens (including phenoxy) is 1. The predicted molar refractivity (Wildman–Crippen MR) is 131 cm³/mol. The van der Waals surface area contributed by atoms with Crippen LogP contribution in [0.2, 0.25) is 0 Å². The van der Waals surface area contributed by atoms with E-state index in [1.807, 2.05) is 57.2 Å². The van der Waals surface area contributed by atoms with E-state index in [4.69, 9.17) is 4.74 Å². The fourth-order valence-electron chi connectivity index (χ4n) is 4.57. The second kappa shape index (κ2) is 10.7. The zero-order valence-electron chi connectivity index (χ0n) is 20.3. The Balaban J connectivity index is 1.69. The smallest absolute Gasteiger partial charge is 0.407 e. The van der Waals surface area contributed by atoms with E-state index in [1.165, 1.54) is 6.92 Å². The number of benzene rings is 2. The van der Waals surface area contributed by atoms with E-state index in [-0.39, 0.29) is 24.9 Å². The molecule has 0 spiro atoms. The zero-order chi connectivity index (χ0) is 24.9. The Morgan fingerprint density at radius 1 is 1.03 bits per heavy atom. The summed E-state index contributed by atoms with van der Waals surface area (Å²) in [5.74, 6) is -1.62. The number of nitrogens with one attached hydrogen (secondary N) is 2. The van der Waals surface area contributed by atoms with Crippen LogP contribution < -0.4 is 10.6 Å². The first kappa shape index (κ1) is 25.3. The number of carboxylic acid groups (broad SMARTS) is 1. The fourth-order valence-corrected chi connectivity index (χ4v) is 4.57. The van der Waals surface area contributed by atoms with E-state index < -0.39 is 29.6 Å². The minimum Gasteiger partial charge on any atom is -0.480 e. The van der Waals surface area contributed by atoms with E-state index in [1.54, 1.807) is 0 Å². The summed E-state index contributed by atoms with van der Waals surface area (Å²) in [5.41, 5.74) is 3.07. The van der Waals surface area contributed by atoms with E-state index in [9.17, 15) is 19.5 Å². The summed E-state index contributed by atoms with van der Waals surface area (Å²) in [6, 6.07) is 15.2. The molecule has 0 saturated heterocycles. The SMILES string of the molecule is CCCC(C)(NC(=O)[C@@H](CC(C)C)NC(=O)OCC1c2ccccc2-c2ccccc21)C(=O)O. The molecule has 2 amide bonds. The lowest BCUT2D eigenvalue weighted by molar-refractivity contribution is -0.147. The van der Waals surface area contributed by atoms with Crippen molar-refractivity contribution in [3.63, 3.8) is 0 Å². The van der Waals surface area contributed by atoms with Gasteiger partial charge in [-0.3, -0.25) is 4.79 Å². The largest absolute Gasteiger partial charge is 0.480 e. The second-order valence-corrected chi connectivity index (χ2v) is 9.53. The van der Waals surface area contributed by atoms with Crippen LogP contribution in [0.3, 0.4) is 0 Å². The minimum atomic E-state index is -1.40. The molecule has 0 heterocycles. The molecule has 0 saturated carbocycles. The number of amides is 2. The quantitative estimate of drug-likeness (QED) is 0.471. The molecule has 1 aliphatic rings. The maximum Gasteiger partial charge on any atom is 0.407 e. The van der Waals surface area contributed by atoms with Crippen LogP contribution in [0.1, 0.15) is 64.0 Å². The molecule has 0 fully saturated rings. The van der Waals surface area contributed by atoms with E-state index in [2.05, 4.69) is 22.8 Å². The number of hydrogen-bond acceptors (Lipinski definition) is 4. The summed E-state index contributed by atoms with van der Waals surface area (Å²) in [6.45, 7) is 7.34. The third-order valence-electron chi connectivity index (χ3n) is 6.28. The molecule has 7 nitrogen and oxygen atoms in total. The Hall–Kier alpha value is -3.35. The van der Waals surface area contributed by atoms with Gasteiger partial charge in [0, 0.05) is 5.92 Å². The van der Waals surface area contributed by atoms with Gasteiger partial charge in [0.2, 0.25) is 5.91 Å². The normalized spacial score (nSPS) is 15.1. The summed E-state index contributed by atoms with van der Waals surface area (Å²) in [5, 5.41) is 14.9. The van der Waals surface area contributed by atoms with Gasteiger partial charge in [-0.15, -0.1) is 0 Å². The molecule has 182 valence electrons. The first-order valence-corrected chi connectivity index (χ1v) is 11.8. The van der Waals surface area contributed by atoms with Crippen molar-refractivity contribution in [1.82, 2.24) is 10.6 Å². The lowest BCUT2D eigenvalue weighted by Gasteiger charge is -2.29. The van der Waals surface area contributed by atoms with Crippen LogP contribution in [-0.2, 0) is 14.3 Å². The molecular formula is C27H34N2O5. The number of carbonyl (C=O) groups excluding carboxylic acids is 2. The van der Waals surface area contributed by atoms with Crippen molar-refractivity contribution < 1.29 is 24.2 Å². The van der Waals surface area contributed by atoms with Crippen LogP contribution in [0.25, 0.3) is 11.1 Å². The van der Waals surface area contributed by atoms with Crippen LogP contribution in [0.15, 0.2) is 48.5 Å². The van der Waals surface area contributed by atoms with Crippen LogP contribution >= 0.6 is 0 Å². The monoisotopic (exact) mass is 466 g/mol. The van der Waals surface area contributed by atoms with Crippen molar-refractivity contribution in [2.75, 3.05) is 6.61 Å². The Labute approximate surface area is 200 Å². The Bertz CT molecular complexity index is 1010. The third kappa shape index (κ3) is 5.58. The summed E-state index contributed by atoms with van der Waals surface area (Å²) < 4.78 is 5.58. The standard InChI is InChI=1S/C27H34N2O5/c1-5-14-27(4,25(31)32)29-24(30)23(15-17(2)3)28-26(33)34-16-22-20-12-8-6-10-18(20)19-11-7-9-13-21(19)22/h6-13,17,22-23H,5,14-16H2,1-4H3,(H,28,33)(H,29,30)(H,31,32)/t23-,27?/m1/s1. The number of alkyl carbamates (subject to hydrolysis) is 1. The van der Waals surface area contributed by atoms with Gasteiger partial charge < -0.3 is 20.5 Å². The third-order valence-corrected chi connectivity index (χ3v) is 6.28.